The number of aromatic nitrogens is 1. The first-order chi connectivity index (χ1) is 10.1. The quantitative estimate of drug-likeness (QED) is 0.530. The summed E-state index contributed by atoms with van der Waals surface area (Å²) >= 11 is 1.13. The molecule has 0 spiro atoms. The fraction of sp³-hybridized carbons (Fsp3) is 0. The first kappa shape index (κ1) is 13.5. The predicted molar refractivity (Wildman–Crippen MR) is 78.9 cm³/mol. The van der Waals surface area contributed by atoms with Crippen LogP contribution in [0.1, 0.15) is 0 Å². The molecule has 0 aliphatic heterocycles. The minimum absolute atomic E-state index is 0.219. The van der Waals surface area contributed by atoms with E-state index in [9.17, 15) is 14.5 Å². The van der Waals surface area contributed by atoms with Gasteiger partial charge in [0.2, 0.25) is 0 Å². The Bertz CT molecular complexity index is 839. The molecule has 0 N–H and O–H groups in total. The van der Waals surface area contributed by atoms with Crippen molar-refractivity contribution < 1.29 is 9.31 Å². The van der Waals surface area contributed by atoms with Gasteiger partial charge >= 0.3 is 5.82 Å². The minimum atomic E-state index is -0.520. The third kappa shape index (κ3) is 2.85. The molecule has 0 radical (unpaired) electrons. The fourth-order valence-corrected chi connectivity index (χ4v) is 2.92. The van der Waals surface area contributed by atoms with Gasteiger partial charge in [-0.15, -0.1) is 0 Å². The summed E-state index contributed by atoms with van der Waals surface area (Å²) in [7, 11) is 0. The lowest BCUT2D eigenvalue weighted by atomic mass is 10.2. The molecular formula is C15H9FN2O2S. The van der Waals surface area contributed by atoms with Gasteiger partial charge in [-0.05, 0) is 40.2 Å². The van der Waals surface area contributed by atoms with E-state index >= 15 is 0 Å². The second-order valence-electron chi connectivity index (χ2n) is 4.32. The zero-order chi connectivity index (χ0) is 14.8. The molecule has 0 saturated carbocycles. The molecule has 2 aromatic carbocycles. The van der Waals surface area contributed by atoms with E-state index < -0.39 is 4.92 Å². The zero-order valence-corrected chi connectivity index (χ0v) is 11.5. The van der Waals surface area contributed by atoms with Crippen molar-refractivity contribution in [1.29, 1.82) is 0 Å². The molecule has 0 amide bonds. The van der Waals surface area contributed by atoms with Crippen LogP contribution in [0.4, 0.5) is 10.2 Å². The highest BCUT2D eigenvalue weighted by Crippen LogP contribution is 2.35. The van der Waals surface area contributed by atoms with Crippen LogP contribution in [-0.4, -0.2) is 9.91 Å². The lowest BCUT2D eigenvalue weighted by molar-refractivity contribution is -0.392. The van der Waals surface area contributed by atoms with E-state index in [-0.39, 0.29) is 11.6 Å². The molecule has 0 saturated heterocycles. The molecule has 6 heteroatoms. The van der Waals surface area contributed by atoms with Crippen LogP contribution in [-0.2, 0) is 0 Å². The van der Waals surface area contributed by atoms with E-state index in [1.807, 2.05) is 12.1 Å². The molecule has 0 aliphatic carbocycles. The number of rotatable bonds is 3. The van der Waals surface area contributed by atoms with Crippen molar-refractivity contribution in [3.05, 3.63) is 70.5 Å². The Hall–Kier alpha value is -2.47. The number of nitro groups is 1. The molecule has 104 valence electrons. The minimum Gasteiger partial charge on any atom is -0.358 e. The first-order valence-corrected chi connectivity index (χ1v) is 6.93. The summed E-state index contributed by atoms with van der Waals surface area (Å²) in [5.74, 6) is -0.598. The summed E-state index contributed by atoms with van der Waals surface area (Å²) in [6.45, 7) is 0. The Kier molecular flexibility index (Phi) is 3.53. The van der Waals surface area contributed by atoms with Gasteiger partial charge in [-0.1, -0.05) is 36.0 Å². The van der Waals surface area contributed by atoms with Gasteiger partial charge in [0.15, 0.2) is 5.52 Å². The predicted octanol–water partition coefficient (Wildman–Crippen LogP) is 4.43. The van der Waals surface area contributed by atoms with Crippen LogP contribution in [0.15, 0.2) is 64.4 Å². The number of hydrogen-bond acceptors (Lipinski definition) is 4. The van der Waals surface area contributed by atoms with Crippen LogP contribution < -0.4 is 0 Å². The van der Waals surface area contributed by atoms with E-state index in [0.29, 0.717) is 15.3 Å². The number of pyridine rings is 1. The maximum absolute atomic E-state index is 13.2. The Labute approximate surface area is 123 Å². The maximum atomic E-state index is 13.2. The van der Waals surface area contributed by atoms with Crippen LogP contribution in [0, 0.1) is 15.9 Å². The van der Waals surface area contributed by atoms with Gasteiger partial charge in [-0.3, -0.25) is 0 Å². The summed E-state index contributed by atoms with van der Waals surface area (Å²) in [4.78, 5) is 15.7. The summed E-state index contributed by atoms with van der Waals surface area (Å²) in [6.07, 6.45) is 0. The van der Waals surface area contributed by atoms with Gasteiger partial charge in [-0.25, -0.2) is 4.39 Å². The molecular weight excluding hydrogens is 291 g/mol. The standard InChI is InChI=1S/C15H9FN2O2S/c16-11-5-3-6-12(9-11)21-14-8-10-4-1-2-7-13(10)17-15(14)18(19)20/h1-9H. The average molecular weight is 300 g/mol. The largest absolute Gasteiger partial charge is 0.378 e. The van der Waals surface area contributed by atoms with Crippen molar-refractivity contribution in [1.82, 2.24) is 4.98 Å². The number of para-hydroxylation sites is 1. The van der Waals surface area contributed by atoms with Crippen molar-refractivity contribution in [2.24, 2.45) is 0 Å². The average Bonchev–Trinajstić information content (AvgIpc) is 2.46. The normalized spacial score (nSPS) is 10.7. The Balaban J connectivity index is 2.11. The maximum Gasteiger partial charge on any atom is 0.378 e. The highest BCUT2D eigenvalue weighted by molar-refractivity contribution is 7.99. The van der Waals surface area contributed by atoms with E-state index in [4.69, 9.17) is 0 Å². The highest BCUT2D eigenvalue weighted by Gasteiger charge is 2.18. The Morgan fingerprint density at radius 3 is 2.67 bits per heavy atom. The third-order valence-corrected chi connectivity index (χ3v) is 3.88. The number of fused-ring (bicyclic) bond motifs is 1. The molecule has 0 unspecified atom stereocenters. The van der Waals surface area contributed by atoms with Gasteiger partial charge in [0.25, 0.3) is 0 Å². The van der Waals surface area contributed by atoms with Crippen LogP contribution >= 0.6 is 11.8 Å². The Morgan fingerprint density at radius 2 is 1.90 bits per heavy atom. The van der Waals surface area contributed by atoms with Crippen molar-refractivity contribution in [2.75, 3.05) is 0 Å². The molecule has 0 fully saturated rings. The van der Waals surface area contributed by atoms with Crippen LogP contribution in [0.2, 0.25) is 0 Å². The number of halogens is 1. The van der Waals surface area contributed by atoms with Crippen molar-refractivity contribution in [2.45, 2.75) is 9.79 Å². The molecule has 1 aromatic heterocycles. The summed E-state index contributed by atoms with van der Waals surface area (Å²) in [5, 5.41) is 12.0. The number of nitrogens with zero attached hydrogens (tertiary/aromatic N) is 2. The third-order valence-electron chi connectivity index (χ3n) is 2.87. The summed E-state index contributed by atoms with van der Waals surface area (Å²) < 4.78 is 13.2. The first-order valence-electron chi connectivity index (χ1n) is 6.11. The molecule has 3 rings (SSSR count). The topological polar surface area (TPSA) is 56.0 Å². The van der Waals surface area contributed by atoms with Crippen LogP contribution in [0.5, 0.6) is 0 Å². The molecule has 0 aliphatic rings. The molecule has 0 atom stereocenters. The van der Waals surface area contributed by atoms with Gasteiger partial charge < -0.3 is 10.1 Å². The smallest absolute Gasteiger partial charge is 0.358 e. The second-order valence-corrected chi connectivity index (χ2v) is 5.43. The number of benzene rings is 2. The summed E-state index contributed by atoms with van der Waals surface area (Å²) in [5.41, 5.74) is 0.563. The van der Waals surface area contributed by atoms with Gasteiger partial charge in [-0.2, -0.15) is 0 Å². The van der Waals surface area contributed by atoms with E-state index in [2.05, 4.69) is 4.98 Å². The van der Waals surface area contributed by atoms with Gasteiger partial charge in [0.05, 0.1) is 0 Å². The van der Waals surface area contributed by atoms with Crippen molar-refractivity contribution in [3.63, 3.8) is 0 Å². The van der Waals surface area contributed by atoms with Gasteiger partial charge in [0, 0.05) is 10.3 Å². The molecule has 4 nitrogen and oxygen atoms in total. The number of hydrogen-bond donors (Lipinski definition) is 0. The lowest BCUT2D eigenvalue weighted by Gasteiger charge is -2.04. The highest BCUT2D eigenvalue weighted by atomic mass is 32.2. The van der Waals surface area contributed by atoms with Crippen molar-refractivity contribution >= 4 is 28.5 Å². The molecule has 3 aromatic rings. The van der Waals surface area contributed by atoms with Gasteiger partial charge in [0.1, 0.15) is 10.7 Å². The zero-order valence-electron chi connectivity index (χ0n) is 10.7. The SMILES string of the molecule is O=[N+]([O-])c1nc2ccccc2cc1Sc1cccc(F)c1. The van der Waals surface area contributed by atoms with Crippen LogP contribution in [0.25, 0.3) is 10.9 Å². The molecule has 0 bridgehead atoms. The van der Waals surface area contributed by atoms with E-state index in [1.54, 1.807) is 30.3 Å². The second kappa shape index (κ2) is 5.49. The van der Waals surface area contributed by atoms with Crippen molar-refractivity contribution in [3.8, 4) is 0 Å². The monoisotopic (exact) mass is 300 g/mol. The van der Waals surface area contributed by atoms with E-state index in [1.165, 1.54) is 12.1 Å². The van der Waals surface area contributed by atoms with Crippen LogP contribution in [0.3, 0.4) is 0 Å². The lowest BCUT2D eigenvalue weighted by Crippen LogP contribution is -1.95. The molecule has 1 heterocycles. The Morgan fingerprint density at radius 1 is 1.10 bits per heavy atom. The van der Waals surface area contributed by atoms with E-state index in [0.717, 1.165) is 17.1 Å². The molecule has 21 heavy (non-hydrogen) atoms. The summed E-state index contributed by atoms with van der Waals surface area (Å²) in [6, 6.07) is 14.8. The fourth-order valence-electron chi connectivity index (χ4n) is 1.95.